The minimum atomic E-state index is 0.298. The first-order chi connectivity index (χ1) is 7.74. The molecule has 0 fully saturated rings. The van der Waals surface area contributed by atoms with Crippen LogP contribution in [0.4, 0.5) is 0 Å². The Labute approximate surface area is 95.7 Å². The fourth-order valence-corrected chi connectivity index (χ4v) is 1.59. The standard InChI is InChI=1S/C15H14O/c1-12-4-2-5-13(10-12)8-9-14-6-3-7-15(16)11-14/h2-11,16H,1H3/b9-8+. The molecule has 80 valence electrons. The number of aryl methyl sites for hydroxylation is 1. The summed E-state index contributed by atoms with van der Waals surface area (Å²) >= 11 is 0. The van der Waals surface area contributed by atoms with Gasteiger partial charge in [0.15, 0.2) is 0 Å². The number of rotatable bonds is 2. The summed E-state index contributed by atoms with van der Waals surface area (Å²) in [6.45, 7) is 2.08. The summed E-state index contributed by atoms with van der Waals surface area (Å²) in [5.41, 5.74) is 3.42. The highest BCUT2D eigenvalue weighted by molar-refractivity contribution is 5.70. The molecule has 1 heteroatoms. The molecule has 0 amide bonds. The topological polar surface area (TPSA) is 20.2 Å². The van der Waals surface area contributed by atoms with Crippen molar-refractivity contribution in [2.24, 2.45) is 0 Å². The third kappa shape index (κ3) is 2.74. The molecule has 1 N–H and O–H groups in total. The van der Waals surface area contributed by atoms with Gasteiger partial charge in [-0.2, -0.15) is 0 Å². The molecule has 0 heterocycles. The minimum absolute atomic E-state index is 0.298. The molecule has 0 bridgehead atoms. The van der Waals surface area contributed by atoms with E-state index in [4.69, 9.17) is 0 Å². The van der Waals surface area contributed by atoms with Crippen molar-refractivity contribution in [3.8, 4) is 5.75 Å². The lowest BCUT2D eigenvalue weighted by Gasteiger charge is -1.97. The Hall–Kier alpha value is -2.02. The van der Waals surface area contributed by atoms with Crippen molar-refractivity contribution in [2.75, 3.05) is 0 Å². The zero-order chi connectivity index (χ0) is 11.4. The normalized spacial score (nSPS) is 10.8. The molecule has 0 atom stereocenters. The Morgan fingerprint density at radius 1 is 0.875 bits per heavy atom. The second-order valence-corrected chi connectivity index (χ2v) is 3.84. The molecule has 0 aliphatic carbocycles. The smallest absolute Gasteiger partial charge is 0.116 e. The summed E-state index contributed by atoms with van der Waals surface area (Å²) in [7, 11) is 0. The van der Waals surface area contributed by atoms with Crippen LogP contribution in [0.25, 0.3) is 12.2 Å². The first-order valence-corrected chi connectivity index (χ1v) is 5.28. The van der Waals surface area contributed by atoms with E-state index in [9.17, 15) is 5.11 Å². The van der Waals surface area contributed by atoms with Gasteiger partial charge in [0.2, 0.25) is 0 Å². The summed E-state index contributed by atoms with van der Waals surface area (Å²) in [4.78, 5) is 0. The Bertz CT molecular complexity index is 465. The van der Waals surface area contributed by atoms with Crippen LogP contribution < -0.4 is 0 Å². The van der Waals surface area contributed by atoms with E-state index in [0.29, 0.717) is 5.75 Å². The van der Waals surface area contributed by atoms with E-state index in [2.05, 4.69) is 25.1 Å². The molecule has 2 aromatic rings. The average Bonchev–Trinajstić information content (AvgIpc) is 2.27. The highest BCUT2D eigenvalue weighted by Gasteiger charge is 1.90. The van der Waals surface area contributed by atoms with Gasteiger partial charge >= 0.3 is 0 Å². The van der Waals surface area contributed by atoms with E-state index >= 15 is 0 Å². The van der Waals surface area contributed by atoms with Crippen LogP contribution in [0, 0.1) is 6.92 Å². The van der Waals surface area contributed by atoms with Gasteiger partial charge in [-0.1, -0.05) is 54.1 Å². The van der Waals surface area contributed by atoms with Crippen LogP contribution in [-0.2, 0) is 0 Å². The van der Waals surface area contributed by atoms with Gasteiger partial charge in [0, 0.05) is 0 Å². The van der Waals surface area contributed by atoms with Crippen molar-refractivity contribution in [1.29, 1.82) is 0 Å². The number of hydrogen-bond acceptors (Lipinski definition) is 1. The summed E-state index contributed by atoms with van der Waals surface area (Å²) < 4.78 is 0. The molecule has 0 radical (unpaired) electrons. The van der Waals surface area contributed by atoms with Gasteiger partial charge in [-0.05, 0) is 30.2 Å². The molecule has 1 nitrogen and oxygen atoms in total. The van der Waals surface area contributed by atoms with Gasteiger partial charge < -0.3 is 5.11 Å². The summed E-state index contributed by atoms with van der Waals surface area (Å²) in [6.07, 6.45) is 4.04. The van der Waals surface area contributed by atoms with Crippen LogP contribution >= 0.6 is 0 Å². The van der Waals surface area contributed by atoms with Crippen LogP contribution in [0.3, 0.4) is 0 Å². The second kappa shape index (κ2) is 4.67. The van der Waals surface area contributed by atoms with E-state index in [0.717, 1.165) is 5.56 Å². The quantitative estimate of drug-likeness (QED) is 0.746. The lowest BCUT2D eigenvalue weighted by molar-refractivity contribution is 0.475. The van der Waals surface area contributed by atoms with Crippen molar-refractivity contribution < 1.29 is 5.11 Å². The van der Waals surface area contributed by atoms with Gasteiger partial charge in [0.1, 0.15) is 5.75 Å². The summed E-state index contributed by atoms with van der Waals surface area (Å²) in [5, 5.41) is 9.32. The summed E-state index contributed by atoms with van der Waals surface area (Å²) in [6, 6.07) is 15.5. The number of phenolic OH excluding ortho intramolecular Hbond substituents is 1. The lowest BCUT2D eigenvalue weighted by Crippen LogP contribution is -1.75. The second-order valence-electron chi connectivity index (χ2n) is 3.84. The average molecular weight is 210 g/mol. The number of phenols is 1. The maximum atomic E-state index is 9.32. The fraction of sp³-hybridized carbons (Fsp3) is 0.0667. The summed E-state index contributed by atoms with van der Waals surface area (Å²) in [5.74, 6) is 0.298. The van der Waals surface area contributed by atoms with Crippen LogP contribution in [0.5, 0.6) is 5.75 Å². The van der Waals surface area contributed by atoms with E-state index < -0.39 is 0 Å². The molecular formula is C15H14O. The highest BCUT2D eigenvalue weighted by atomic mass is 16.3. The zero-order valence-electron chi connectivity index (χ0n) is 9.22. The molecule has 0 spiro atoms. The number of aromatic hydroxyl groups is 1. The fourth-order valence-electron chi connectivity index (χ4n) is 1.59. The molecule has 0 saturated carbocycles. The predicted molar refractivity (Wildman–Crippen MR) is 68.2 cm³/mol. The Morgan fingerprint density at radius 3 is 2.12 bits per heavy atom. The van der Waals surface area contributed by atoms with E-state index in [1.807, 2.05) is 30.4 Å². The van der Waals surface area contributed by atoms with Gasteiger partial charge in [0.25, 0.3) is 0 Å². The molecule has 2 rings (SSSR count). The van der Waals surface area contributed by atoms with Crippen molar-refractivity contribution >= 4 is 12.2 Å². The maximum Gasteiger partial charge on any atom is 0.116 e. The number of benzene rings is 2. The van der Waals surface area contributed by atoms with Gasteiger partial charge in [0.05, 0.1) is 0 Å². The Balaban J connectivity index is 2.21. The first kappa shape index (κ1) is 10.5. The zero-order valence-corrected chi connectivity index (χ0v) is 9.22. The van der Waals surface area contributed by atoms with E-state index in [-0.39, 0.29) is 0 Å². The molecular weight excluding hydrogens is 196 g/mol. The molecule has 0 saturated heterocycles. The van der Waals surface area contributed by atoms with Crippen molar-refractivity contribution in [3.63, 3.8) is 0 Å². The van der Waals surface area contributed by atoms with E-state index in [1.165, 1.54) is 11.1 Å². The van der Waals surface area contributed by atoms with Crippen LogP contribution in [-0.4, -0.2) is 5.11 Å². The molecule has 0 aliphatic heterocycles. The largest absolute Gasteiger partial charge is 0.508 e. The van der Waals surface area contributed by atoms with Gasteiger partial charge in [-0.25, -0.2) is 0 Å². The monoisotopic (exact) mass is 210 g/mol. The first-order valence-electron chi connectivity index (χ1n) is 5.28. The Morgan fingerprint density at radius 2 is 1.50 bits per heavy atom. The highest BCUT2D eigenvalue weighted by Crippen LogP contribution is 2.14. The molecule has 0 aromatic heterocycles. The van der Waals surface area contributed by atoms with Crippen LogP contribution in [0.15, 0.2) is 48.5 Å². The lowest BCUT2D eigenvalue weighted by atomic mass is 10.1. The minimum Gasteiger partial charge on any atom is -0.508 e. The van der Waals surface area contributed by atoms with Crippen LogP contribution in [0.2, 0.25) is 0 Å². The van der Waals surface area contributed by atoms with Crippen LogP contribution in [0.1, 0.15) is 16.7 Å². The van der Waals surface area contributed by atoms with E-state index in [1.54, 1.807) is 12.1 Å². The number of hydrogen-bond donors (Lipinski definition) is 1. The van der Waals surface area contributed by atoms with Gasteiger partial charge in [-0.3, -0.25) is 0 Å². The van der Waals surface area contributed by atoms with Crippen molar-refractivity contribution in [2.45, 2.75) is 6.92 Å². The third-order valence-corrected chi connectivity index (χ3v) is 2.38. The van der Waals surface area contributed by atoms with Gasteiger partial charge in [-0.15, -0.1) is 0 Å². The molecule has 2 aromatic carbocycles. The van der Waals surface area contributed by atoms with Crippen molar-refractivity contribution in [1.82, 2.24) is 0 Å². The molecule has 0 aliphatic rings. The Kier molecular flexibility index (Phi) is 3.06. The third-order valence-electron chi connectivity index (χ3n) is 2.38. The maximum absolute atomic E-state index is 9.32. The van der Waals surface area contributed by atoms with Crippen molar-refractivity contribution in [3.05, 3.63) is 65.2 Å². The SMILES string of the molecule is Cc1cccc(/C=C/c2cccc(O)c2)c1. The molecule has 0 unspecified atom stereocenters. The molecule has 16 heavy (non-hydrogen) atoms. The predicted octanol–water partition coefficient (Wildman–Crippen LogP) is 3.87.